The van der Waals surface area contributed by atoms with Crippen LogP contribution in [-0.4, -0.2) is 4.98 Å². The maximum atomic E-state index is 10.6. The second-order valence-electron chi connectivity index (χ2n) is 2.45. The molecule has 128 valence electrons. The Morgan fingerprint density at radius 2 is 1.15 bits per heavy atom. The zero-order chi connectivity index (χ0) is 18.7. The van der Waals surface area contributed by atoms with Crippen LogP contribution in [0.5, 0.6) is 0 Å². The van der Waals surface area contributed by atoms with Crippen LogP contribution in [0.2, 0.25) is 5.02 Å². The normalized spacial score (nSPS) is 6.11. The quantitative estimate of drug-likeness (QED) is 0.227. The summed E-state index contributed by atoms with van der Waals surface area (Å²) >= 11 is 5.66. The number of H-pyrrole nitrogens is 1. The molecule has 0 aliphatic heterocycles. The molecule has 0 spiro atoms. The molecule has 0 saturated heterocycles. The smallest absolute Gasteiger partial charge is 0.444 e. The van der Waals surface area contributed by atoms with Crippen LogP contribution in [0.15, 0.2) is 48.8 Å². The van der Waals surface area contributed by atoms with Gasteiger partial charge in [0.25, 0.3) is 0 Å². The van der Waals surface area contributed by atoms with Crippen molar-refractivity contribution in [1.82, 2.24) is 4.98 Å². The third kappa shape index (κ3) is 34.3. The van der Waals surface area contributed by atoms with Crippen LogP contribution in [-0.2, 0) is 0 Å². The number of halogens is 1. The second kappa shape index (κ2) is 37.2. The molecule has 2 aromatic rings. The molecule has 0 aliphatic rings. The predicted molar refractivity (Wildman–Crippen MR) is 78.5 cm³/mol. The van der Waals surface area contributed by atoms with Crippen molar-refractivity contribution in [2.24, 2.45) is 21.4 Å². The largest absolute Gasteiger partial charge is 1.00 e. The van der Waals surface area contributed by atoms with Crippen LogP contribution in [0.3, 0.4) is 0 Å². The van der Waals surface area contributed by atoms with Crippen LogP contribution < -0.4 is 124 Å². The van der Waals surface area contributed by atoms with Gasteiger partial charge in [0.15, 0.2) is 5.58 Å². The number of rotatable bonds is 0. The van der Waals surface area contributed by atoms with E-state index in [0.29, 0.717) is 16.1 Å². The summed E-state index contributed by atoms with van der Waals surface area (Å²) in [5.41, 5.74) is 1.15. The van der Waals surface area contributed by atoms with Crippen molar-refractivity contribution in [1.29, 1.82) is 0 Å². The summed E-state index contributed by atoms with van der Waals surface area (Å²) in [5.74, 6) is -0.456. The summed E-state index contributed by atoms with van der Waals surface area (Å²) < 4.78 is 4.75. The molecular formula is C7H4ClN5Na4O10. The maximum Gasteiger partial charge on any atom is 1.00 e. The molecule has 0 atom stereocenters. The summed E-state index contributed by atoms with van der Waals surface area (Å²) in [6.07, 6.45) is 0. The van der Waals surface area contributed by atoms with E-state index in [1.807, 2.05) is 0 Å². The van der Waals surface area contributed by atoms with E-state index in [1.165, 1.54) is 0 Å². The summed E-state index contributed by atoms with van der Waals surface area (Å²) in [6, 6.07) is 4.96. The van der Waals surface area contributed by atoms with Crippen molar-refractivity contribution in [2.45, 2.75) is 0 Å². The zero-order valence-electron chi connectivity index (χ0n) is 14.5. The van der Waals surface area contributed by atoms with Gasteiger partial charge in [-0.3, -0.25) is 4.98 Å². The van der Waals surface area contributed by atoms with E-state index in [2.05, 4.69) is 4.98 Å². The Labute approximate surface area is 242 Å². The van der Waals surface area contributed by atoms with Crippen molar-refractivity contribution < 1.29 is 123 Å². The van der Waals surface area contributed by atoms with E-state index >= 15 is 0 Å². The van der Waals surface area contributed by atoms with Gasteiger partial charge in [-0.05, 0) is 18.2 Å². The number of hydrogen-bond donors (Lipinski definition) is 1. The molecule has 20 heteroatoms. The number of benzene rings is 1. The van der Waals surface area contributed by atoms with E-state index in [0.717, 1.165) is 21.4 Å². The molecule has 0 saturated carbocycles. The van der Waals surface area contributed by atoms with E-state index in [9.17, 15) is 4.79 Å². The summed E-state index contributed by atoms with van der Waals surface area (Å²) in [4.78, 5) is 45.1. The molecule has 15 nitrogen and oxygen atoms in total. The number of oxazole rings is 1. The van der Waals surface area contributed by atoms with E-state index in [-0.39, 0.29) is 118 Å². The van der Waals surface area contributed by atoms with Gasteiger partial charge in [-0.25, -0.2) is 4.79 Å². The van der Waals surface area contributed by atoms with Gasteiger partial charge >= 0.3 is 124 Å². The first kappa shape index (κ1) is 45.9. The molecule has 0 radical (unpaired) electrons. The standard InChI is InChI=1S/C7H4ClNO2.4HNO2.4Na/c8-4-1-2-6-5(3-4)9-7(10)11-6;4*2-1-3;;;;/h1-3H,(H,9,10);4*(H,2,3);;;;/q;;;;;4*+1/p-4. The zero-order valence-corrected chi connectivity index (χ0v) is 23.2. The summed E-state index contributed by atoms with van der Waals surface area (Å²) in [6.45, 7) is 0. The van der Waals surface area contributed by atoms with Gasteiger partial charge in [-0.1, -0.05) is 11.6 Å². The minimum absolute atomic E-state index is 0. The van der Waals surface area contributed by atoms with Gasteiger partial charge in [-0.2, -0.15) is 0 Å². The predicted octanol–water partition coefficient (Wildman–Crippen LogP) is -9.21. The molecule has 1 aromatic carbocycles. The fourth-order valence-corrected chi connectivity index (χ4v) is 1.10. The second-order valence-corrected chi connectivity index (χ2v) is 2.89. The first-order valence-electron chi connectivity index (χ1n) is 4.50. The molecule has 0 unspecified atom stereocenters. The van der Waals surface area contributed by atoms with E-state index in [1.54, 1.807) is 18.2 Å². The molecular weight excluding hydrogens is 442 g/mol. The molecule has 0 aliphatic carbocycles. The Kier molecular flexibility index (Phi) is 63.2. The maximum absolute atomic E-state index is 10.6. The van der Waals surface area contributed by atoms with Gasteiger partial charge in [-0.15, -0.1) is 21.4 Å². The number of nitrogens with zero attached hydrogens (tertiary/aromatic N) is 4. The number of aromatic amines is 1. The Morgan fingerprint density at radius 1 is 0.815 bits per heavy atom. The fourth-order valence-electron chi connectivity index (χ4n) is 0.924. The van der Waals surface area contributed by atoms with E-state index < -0.39 is 5.76 Å². The van der Waals surface area contributed by atoms with Crippen molar-refractivity contribution >= 4 is 22.7 Å². The minimum Gasteiger partial charge on any atom is -0.444 e. The van der Waals surface area contributed by atoms with Gasteiger partial charge < -0.3 is 44.9 Å². The number of nitrogens with one attached hydrogen (secondary N) is 1. The molecule has 1 N–H and O–H groups in total. The van der Waals surface area contributed by atoms with Crippen LogP contribution >= 0.6 is 11.6 Å². The van der Waals surface area contributed by atoms with Crippen molar-refractivity contribution in [3.8, 4) is 0 Å². The molecule has 0 amide bonds. The van der Waals surface area contributed by atoms with Crippen LogP contribution in [0.4, 0.5) is 0 Å². The third-order valence-electron chi connectivity index (χ3n) is 1.38. The monoisotopic (exact) mass is 445 g/mol. The van der Waals surface area contributed by atoms with Crippen LogP contribution in [0.1, 0.15) is 0 Å². The topological polar surface area (TPSA) is 256 Å². The molecule has 0 bridgehead atoms. The van der Waals surface area contributed by atoms with Crippen LogP contribution in [0.25, 0.3) is 11.1 Å². The summed E-state index contributed by atoms with van der Waals surface area (Å²) in [5, 5.41) is 36.6. The molecule has 2 rings (SSSR count). The molecule has 1 aromatic heterocycles. The van der Waals surface area contributed by atoms with Crippen molar-refractivity contribution in [3.05, 3.63) is 74.2 Å². The average molecular weight is 446 g/mol. The molecule has 0 fully saturated rings. The summed E-state index contributed by atoms with van der Waals surface area (Å²) in [7, 11) is 0. The Hall–Kier alpha value is 0.380. The first-order chi connectivity index (χ1) is 10.9. The van der Waals surface area contributed by atoms with Gasteiger partial charge in [0.2, 0.25) is 0 Å². The minimum atomic E-state index is -0.456. The fraction of sp³-hybridized carbons (Fsp3) is 0. The Bertz CT molecular complexity index is 620. The number of fused-ring (bicyclic) bond motifs is 1. The Morgan fingerprint density at radius 3 is 1.48 bits per heavy atom. The molecule has 1 heterocycles. The SMILES string of the molecule is O=N[O-].O=N[O-].O=N[O-].O=N[O-].O=c1[nH]c2cc(Cl)ccc2o1.[Na+].[Na+].[Na+].[Na+]. The van der Waals surface area contributed by atoms with Gasteiger partial charge in [0.05, 0.1) is 5.52 Å². The van der Waals surface area contributed by atoms with Gasteiger partial charge in [0.1, 0.15) is 0 Å². The average Bonchev–Trinajstić information content (AvgIpc) is 2.81. The Balaban J connectivity index is -0.0000000433. The first-order valence-corrected chi connectivity index (χ1v) is 4.88. The number of aromatic nitrogens is 1. The van der Waals surface area contributed by atoms with Crippen LogP contribution in [0, 0.1) is 40.5 Å². The third-order valence-corrected chi connectivity index (χ3v) is 1.62. The van der Waals surface area contributed by atoms with E-state index in [4.69, 9.17) is 56.5 Å². The van der Waals surface area contributed by atoms with Crippen molar-refractivity contribution in [3.63, 3.8) is 0 Å². The van der Waals surface area contributed by atoms with Crippen molar-refractivity contribution in [2.75, 3.05) is 0 Å². The molecule has 27 heavy (non-hydrogen) atoms. The van der Waals surface area contributed by atoms with Gasteiger partial charge in [0, 0.05) is 5.02 Å². The number of hydrogen-bond acceptors (Lipinski definition) is 14.